The van der Waals surface area contributed by atoms with Crippen LogP contribution in [0.15, 0.2) is 52.2 Å². The number of nitrogens with zero attached hydrogens (tertiary/aromatic N) is 6. The molecule has 0 aliphatic heterocycles. The Morgan fingerprint density at radius 3 is 1.29 bits per heavy atom. The van der Waals surface area contributed by atoms with Crippen LogP contribution in [-0.2, 0) is 0 Å². The number of aromatic amines is 3. The molecule has 28 heavy (non-hydrogen) atoms. The second kappa shape index (κ2) is 11.4. The van der Waals surface area contributed by atoms with Crippen LogP contribution in [-0.4, -0.2) is 68.2 Å². The van der Waals surface area contributed by atoms with E-state index in [0.717, 1.165) is 56.4 Å². The normalized spacial score (nSPS) is 13.3. The number of aliphatic imine (C=N–C) groups is 3. The molecule has 0 unspecified atom stereocenters. The summed E-state index contributed by atoms with van der Waals surface area (Å²) in [5.41, 5.74) is 0. The number of aromatic nitrogens is 6. The van der Waals surface area contributed by atoms with E-state index in [1.165, 1.54) is 0 Å². The summed E-state index contributed by atoms with van der Waals surface area (Å²) in [6.07, 6.45) is 18.8. The molecule has 146 valence electrons. The van der Waals surface area contributed by atoms with Crippen molar-refractivity contribution in [3.8, 4) is 0 Å². The van der Waals surface area contributed by atoms with Crippen LogP contribution in [0.2, 0.25) is 0 Å². The minimum Gasteiger partial charge on any atom is -0.344 e. The molecular formula is C19H25N9. The van der Waals surface area contributed by atoms with Gasteiger partial charge in [0.1, 0.15) is 17.5 Å². The molecule has 0 aromatic carbocycles. The Morgan fingerprint density at radius 2 is 1.00 bits per heavy atom. The molecule has 9 nitrogen and oxygen atoms in total. The Balaban J connectivity index is 1.44. The standard InChI is InChI=1S/C19H25N9/c1(4-20-13-17-23-7-8-24-17)16(2-5-21-14-18-25-9-10-26-18)3-6-22-15-19-27-11-12-28-19/h7-16H,1-6H2,(H,23,24)(H,25,26)(H,27,28). The molecule has 0 aliphatic rings. The molecule has 3 heterocycles. The summed E-state index contributed by atoms with van der Waals surface area (Å²) in [7, 11) is 0. The van der Waals surface area contributed by atoms with Crippen molar-refractivity contribution < 1.29 is 0 Å². The zero-order valence-electron chi connectivity index (χ0n) is 15.7. The van der Waals surface area contributed by atoms with Gasteiger partial charge in [-0.25, -0.2) is 15.0 Å². The number of nitrogens with one attached hydrogen (secondary N) is 3. The highest BCUT2D eigenvalue weighted by Gasteiger charge is 2.07. The van der Waals surface area contributed by atoms with Crippen LogP contribution < -0.4 is 0 Å². The highest BCUT2D eigenvalue weighted by atomic mass is 14.9. The van der Waals surface area contributed by atoms with Gasteiger partial charge in [0.25, 0.3) is 0 Å². The lowest BCUT2D eigenvalue weighted by Gasteiger charge is -2.13. The van der Waals surface area contributed by atoms with E-state index in [2.05, 4.69) is 44.9 Å². The summed E-state index contributed by atoms with van der Waals surface area (Å²) in [5.74, 6) is 2.84. The Labute approximate surface area is 163 Å². The molecule has 3 N–H and O–H groups in total. The minimum atomic E-state index is 0.497. The summed E-state index contributed by atoms with van der Waals surface area (Å²) < 4.78 is 0. The van der Waals surface area contributed by atoms with E-state index >= 15 is 0 Å². The van der Waals surface area contributed by atoms with E-state index in [1.807, 2.05) is 0 Å². The highest BCUT2D eigenvalue weighted by molar-refractivity contribution is 5.74. The molecular weight excluding hydrogens is 354 g/mol. The number of rotatable bonds is 12. The average molecular weight is 379 g/mol. The van der Waals surface area contributed by atoms with Crippen LogP contribution in [0.1, 0.15) is 36.7 Å². The van der Waals surface area contributed by atoms with Crippen molar-refractivity contribution in [1.29, 1.82) is 0 Å². The van der Waals surface area contributed by atoms with E-state index < -0.39 is 0 Å². The van der Waals surface area contributed by atoms with Crippen LogP contribution in [0, 0.1) is 5.92 Å². The molecule has 3 aromatic heterocycles. The Morgan fingerprint density at radius 1 is 0.643 bits per heavy atom. The van der Waals surface area contributed by atoms with Gasteiger partial charge in [0, 0.05) is 56.8 Å². The third-order valence-corrected chi connectivity index (χ3v) is 4.20. The molecule has 0 saturated heterocycles. The van der Waals surface area contributed by atoms with Gasteiger partial charge < -0.3 is 15.0 Å². The summed E-state index contributed by atoms with van der Waals surface area (Å²) in [6.45, 7) is 2.28. The molecule has 3 rings (SSSR count). The van der Waals surface area contributed by atoms with Gasteiger partial charge in [0.15, 0.2) is 0 Å². The maximum atomic E-state index is 4.47. The molecule has 9 heteroatoms. The first-order valence-corrected chi connectivity index (χ1v) is 9.38. The number of H-pyrrole nitrogens is 3. The van der Waals surface area contributed by atoms with Gasteiger partial charge in [0.2, 0.25) is 0 Å². The topological polar surface area (TPSA) is 123 Å². The third-order valence-electron chi connectivity index (χ3n) is 4.20. The molecule has 0 spiro atoms. The summed E-state index contributed by atoms with van der Waals surface area (Å²) in [5, 5.41) is 0. The summed E-state index contributed by atoms with van der Waals surface area (Å²) in [4.78, 5) is 34.9. The molecule has 0 fully saturated rings. The minimum absolute atomic E-state index is 0.497. The zero-order valence-corrected chi connectivity index (χ0v) is 15.7. The number of hydrogen-bond acceptors (Lipinski definition) is 6. The molecule has 0 atom stereocenters. The van der Waals surface area contributed by atoms with Crippen LogP contribution in [0.5, 0.6) is 0 Å². The van der Waals surface area contributed by atoms with Crippen LogP contribution in [0.25, 0.3) is 0 Å². The van der Waals surface area contributed by atoms with Crippen LogP contribution in [0.3, 0.4) is 0 Å². The fourth-order valence-electron chi connectivity index (χ4n) is 2.70. The molecule has 3 aromatic rings. The monoisotopic (exact) mass is 379 g/mol. The fraction of sp³-hybridized carbons (Fsp3) is 0.368. The first-order chi connectivity index (χ1) is 13.9. The molecule has 0 bridgehead atoms. The van der Waals surface area contributed by atoms with E-state index in [9.17, 15) is 0 Å². The number of imidazole rings is 3. The average Bonchev–Trinajstić information content (AvgIpc) is 3.48. The van der Waals surface area contributed by atoms with Gasteiger partial charge in [-0.2, -0.15) is 0 Å². The van der Waals surface area contributed by atoms with Crippen molar-refractivity contribution in [3.05, 3.63) is 54.7 Å². The van der Waals surface area contributed by atoms with Crippen LogP contribution >= 0.6 is 0 Å². The van der Waals surface area contributed by atoms with E-state index in [4.69, 9.17) is 0 Å². The van der Waals surface area contributed by atoms with E-state index in [1.54, 1.807) is 55.8 Å². The molecule has 0 radical (unpaired) electrons. The highest BCUT2D eigenvalue weighted by Crippen LogP contribution is 2.14. The maximum absolute atomic E-state index is 4.47. The molecule has 0 saturated carbocycles. The Kier molecular flexibility index (Phi) is 7.88. The van der Waals surface area contributed by atoms with E-state index in [-0.39, 0.29) is 0 Å². The Hall–Kier alpha value is -3.36. The zero-order chi connectivity index (χ0) is 19.3. The van der Waals surface area contributed by atoms with Gasteiger partial charge in [0.05, 0.1) is 18.6 Å². The van der Waals surface area contributed by atoms with Gasteiger partial charge in [-0.05, 0) is 25.2 Å². The molecule has 0 amide bonds. The van der Waals surface area contributed by atoms with Crippen molar-refractivity contribution in [1.82, 2.24) is 29.9 Å². The third kappa shape index (κ3) is 7.10. The fourth-order valence-corrected chi connectivity index (χ4v) is 2.70. The lowest BCUT2D eigenvalue weighted by atomic mass is 9.97. The van der Waals surface area contributed by atoms with Crippen molar-refractivity contribution in [3.63, 3.8) is 0 Å². The van der Waals surface area contributed by atoms with Crippen molar-refractivity contribution in [2.24, 2.45) is 20.9 Å². The summed E-state index contributed by atoms with van der Waals surface area (Å²) in [6, 6.07) is 0. The van der Waals surface area contributed by atoms with Gasteiger partial charge in [-0.15, -0.1) is 0 Å². The predicted octanol–water partition coefficient (Wildman–Crippen LogP) is 2.30. The first kappa shape index (κ1) is 19.4. The maximum Gasteiger partial charge on any atom is 0.147 e. The summed E-state index contributed by atoms with van der Waals surface area (Å²) >= 11 is 0. The SMILES string of the molecule is C(=NCCC(CCN=Cc1ncc[nH]1)CCN=Cc1ncc[nH]1)c1ncc[nH]1. The van der Waals surface area contributed by atoms with Crippen molar-refractivity contribution in [2.45, 2.75) is 19.3 Å². The predicted molar refractivity (Wildman–Crippen MR) is 110 cm³/mol. The molecule has 0 aliphatic carbocycles. The Bertz CT molecular complexity index is 716. The van der Waals surface area contributed by atoms with Gasteiger partial charge >= 0.3 is 0 Å². The second-order valence-corrected chi connectivity index (χ2v) is 6.26. The van der Waals surface area contributed by atoms with Crippen molar-refractivity contribution >= 4 is 18.6 Å². The number of hydrogen-bond donors (Lipinski definition) is 3. The first-order valence-electron chi connectivity index (χ1n) is 9.38. The smallest absolute Gasteiger partial charge is 0.147 e. The van der Waals surface area contributed by atoms with Gasteiger partial charge in [-0.3, -0.25) is 15.0 Å². The lowest BCUT2D eigenvalue weighted by Crippen LogP contribution is -2.07. The largest absolute Gasteiger partial charge is 0.344 e. The van der Waals surface area contributed by atoms with Gasteiger partial charge in [-0.1, -0.05) is 0 Å². The van der Waals surface area contributed by atoms with E-state index in [0.29, 0.717) is 5.92 Å². The van der Waals surface area contributed by atoms with Crippen LogP contribution in [0.4, 0.5) is 0 Å². The second-order valence-electron chi connectivity index (χ2n) is 6.26. The lowest BCUT2D eigenvalue weighted by molar-refractivity contribution is 0.439. The quantitative estimate of drug-likeness (QED) is 0.418. The van der Waals surface area contributed by atoms with Crippen molar-refractivity contribution in [2.75, 3.05) is 19.6 Å².